The van der Waals surface area contributed by atoms with Crippen molar-refractivity contribution in [3.05, 3.63) is 35.7 Å². The highest BCUT2D eigenvalue weighted by molar-refractivity contribution is 5.79. The first-order chi connectivity index (χ1) is 14.0. The molecule has 6 nitrogen and oxygen atoms in total. The normalized spacial score (nSPS) is 17.3. The van der Waals surface area contributed by atoms with Crippen LogP contribution in [0.3, 0.4) is 0 Å². The van der Waals surface area contributed by atoms with E-state index in [0.717, 1.165) is 61.8 Å². The number of aryl methyl sites for hydroxylation is 1. The number of hydrogen-bond acceptors (Lipinski definition) is 5. The molecule has 1 aliphatic heterocycles. The summed E-state index contributed by atoms with van der Waals surface area (Å²) in [5.41, 5.74) is 1.89. The molecule has 0 radical (unpaired) electrons. The highest BCUT2D eigenvalue weighted by atomic mass is 16.5. The van der Waals surface area contributed by atoms with Crippen LogP contribution in [0.5, 0.6) is 5.75 Å². The van der Waals surface area contributed by atoms with Crippen molar-refractivity contribution in [1.29, 1.82) is 0 Å². The molecule has 0 aliphatic carbocycles. The number of hydrogen-bond donors (Lipinski definition) is 0. The number of rotatable bonds is 8. The molecular formula is C23H33N3O3. The van der Waals surface area contributed by atoms with Gasteiger partial charge in [0.2, 0.25) is 11.8 Å². The third-order valence-corrected chi connectivity index (χ3v) is 5.61. The summed E-state index contributed by atoms with van der Waals surface area (Å²) in [5, 5.41) is 0. The van der Waals surface area contributed by atoms with Crippen LogP contribution in [-0.2, 0) is 11.3 Å². The van der Waals surface area contributed by atoms with Crippen LogP contribution in [0.2, 0.25) is 0 Å². The van der Waals surface area contributed by atoms with Crippen LogP contribution in [0.15, 0.2) is 28.7 Å². The Morgan fingerprint density at radius 3 is 2.62 bits per heavy atom. The van der Waals surface area contributed by atoms with Gasteiger partial charge < -0.3 is 14.1 Å². The number of oxazole rings is 1. The van der Waals surface area contributed by atoms with E-state index < -0.39 is 0 Å². The molecule has 0 bridgehead atoms. The molecule has 6 heteroatoms. The summed E-state index contributed by atoms with van der Waals surface area (Å²) in [6, 6.07) is 7.82. The SMILES string of the molecule is CCOc1ccc(-c2nc(CN3CCC[C@@H](C(=O)N(CC)CC)C3)c(C)o2)cc1. The topological polar surface area (TPSA) is 58.8 Å². The van der Waals surface area contributed by atoms with E-state index in [0.29, 0.717) is 19.0 Å². The second kappa shape index (κ2) is 9.92. The highest BCUT2D eigenvalue weighted by Crippen LogP contribution is 2.26. The summed E-state index contributed by atoms with van der Waals surface area (Å²) < 4.78 is 11.4. The lowest BCUT2D eigenvalue weighted by Gasteiger charge is -2.34. The minimum atomic E-state index is 0.0847. The molecule has 1 aliphatic rings. The van der Waals surface area contributed by atoms with Gasteiger partial charge in [0.1, 0.15) is 11.5 Å². The summed E-state index contributed by atoms with van der Waals surface area (Å²) in [4.78, 5) is 21.8. The number of piperidine rings is 1. The zero-order valence-electron chi connectivity index (χ0n) is 18.1. The molecule has 1 saturated heterocycles. The lowest BCUT2D eigenvalue weighted by atomic mass is 9.96. The second-order valence-corrected chi connectivity index (χ2v) is 7.56. The van der Waals surface area contributed by atoms with E-state index in [2.05, 4.69) is 4.90 Å². The largest absolute Gasteiger partial charge is 0.494 e. The lowest BCUT2D eigenvalue weighted by Crippen LogP contribution is -2.44. The van der Waals surface area contributed by atoms with Crippen LogP contribution in [0.1, 0.15) is 45.1 Å². The van der Waals surface area contributed by atoms with Gasteiger partial charge >= 0.3 is 0 Å². The van der Waals surface area contributed by atoms with Gasteiger partial charge in [-0.2, -0.15) is 0 Å². The van der Waals surface area contributed by atoms with E-state index in [1.165, 1.54) is 0 Å². The van der Waals surface area contributed by atoms with Gasteiger partial charge in [-0.25, -0.2) is 4.98 Å². The lowest BCUT2D eigenvalue weighted by molar-refractivity contribution is -0.137. The molecule has 2 aromatic rings. The summed E-state index contributed by atoms with van der Waals surface area (Å²) in [6.45, 7) is 12.7. The van der Waals surface area contributed by atoms with Gasteiger partial charge in [0.25, 0.3) is 0 Å². The number of amides is 1. The second-order valence-electron chi connectivity index (χ2n) is 7.56. The first-order valence-corrected chi connectivity index (χ1v) is 10.8. The number of nitrogens with zero attached hydrogens (tertiary/aromatic N) is 3. The van der Waals surface area contributed by atoms with Crippen LogP contribution in [0.4, 0.5) is 0 Å². The van der Waals surface area contributed by atoms with E-state index in [1.54, 1.807) is 0 Å². The average molecular weight is 400 g/mol. The number of likely N-dealkylation sites (tertiary alicyclic amines) is 1. The van der Waals surface area contributed by atoms with E-state index in [4.69, 9.17) is 14.1 Å². The number of carbonyl (C=O) groups excluding carboxylic acids is 1. The first-order valence-electron chi connectivity index (χ1n) is 10.8. The molecule has 1 amide bonds. The maximum atomic E-state index is 12.7. The minimum absolute atomic E-state index is 0.0847. The van der Waals surface area contributed by atoms with E-state index >= 15 is 0 Å². The van der Waals surface area contributed by atoms with Crippen molar-refractivity contribution in [3.63, 3.8) is 0 Å². The molecule has 0 saturated carbocycles. The van der Waals surface area contributed by atoms with E-state index in [-0.39, 0.29) is 11.8 Å². The van der Waals surface area contributed by atoms with Gasteiger partial charge in [-0.15, -0.1) is 0 Å². The third kappa shape index (κ3) is 5.18. The van der Waals surface area contributed by atoms with Crippen LogP contribution in [0.25, 0.3) is 11.5 Å². The maximum absolute atomic E-state index is 12.7. The standard InChI is InChI=1S/C23H33N3O3/c1-5-26(6-2)23(27)19-9-8-14-25(15-19)16-21-17(4)29-22(24-21)18-10-12-20(13-11-18)28-7-3/h10-13,19H,5-9,14-16H2,1-4H3/t19-/m1/s1. The van der Waals surface area contributed by atoms with Gasteiger partial charge in [0.05, 0.1) is 18.2 Å². The molecule has 0 N–H and O–H groups in total. The summed E-state index contributed by atoms with van der Waals surface area (Å²) in [7, 11) is 0. The minimum Gasteiger partial charge on any atom is -0.494 e. The molecule has 158 valence electrons. The van der Waals surface area contributed by atoms with Crippen molar-refractivity contribution < 1.29 is 13.9 Å². The fourth-order valence-corrected chi connectivity index (χ4v) is 3.96. The monoisotopic (exact) mass is 399 g/mol. The van der Waals surface area contributed by atoms with E-state index in [9.17, 15) is 4.79 Å². The first kappa shape index (κ1) is 21.4. The fourth-order valence-electron chi connectivity index (χ4n) is 3.96. The predicted octanol–water partition coefficient (Wildman–Crippen LogP) is 4.13. The van der Waals surface area contributed by atoms with Crippen LogP contribution < -0.4 is 4.74 Å². The number of ether oxygens (including phenoxy) is 1. The Kier molecular flexibility index (Phi) is 7.31. The van der Waals surface area contributed by atoms with Gasteiger partial charge in [-0.1, -0.05) is 0 Å². The number of aromatic nitrogens is 1. The van der Waals surface area contributed by atoms with Crippen molar-refractivity contribution in [2.75, 3.05) is 32.8 Å². The predicted molar refractivity (Wildman–Crippen MR) is 114 cm³/mol. The molecule has 0 unspecified atom stereocenters. The quantitative estimate of drug-likeness (QED) is 0.668. The highest BCUT2D eigenvalue weighted by Gasteiger charge is 2.29. The van der Waals surface area contributed by atoms with Crippen LogP contribution in [0, 0.1) is 12.8 Å². The summed E-state index contributed by atoms with van der Waals surface area (Å²) >= 11 is 0. The Labute approximate surface area is 173 Å². The van der Waals surface area contributed by atoms with Crippen LogP contribution in [-0.4, -0.2) is 53.5 Å². The molecule has 2 heterocycles. The fraction of sp³-hybridized carbons (Fsp3) is 0.565. The van der Waals surface area contributed by atoms with Crippen LogP contribution >= 0.6 is 0 Å². The molecule has 1 atom stereocenters. The Morgan fingerprint density at radius 1 is 1.24 bits per heavy atom. The summed E-state index contributed by atoms with van der Waals surface area (Å²) in [6.07, 6.45) is 2.02. The zero-order chi connectivity index (χ0) is 20.8. The molecule has 29 heavy (non-hydrogen) atoms. The summed E-state index contributed by atoms with van der Waals surface area (Å²) in [5.74, 6) is 2.68. The molecule has 1 fully saturated rings. The van der Waals surface area contributed by atoms with Crippen molar-refractivity contribution in [2.24, 2.45) is 5.92 Å². The molecule has 1 aromatic heterocycles. The molecule has 3 rings (SSSR count). The van der Waals surface area contributed by atoms with E-state index in [1.807, 2.05) is 56.9 Å². The maximum Gasteiger partial charge on any atom is 0.226 e. The molecule has 0 spiro atoms. The van der Waals surface area contributed by atoms with Crippen molar-refractivity contribution in [3.8, 4) is 17.2 Å². The number of benzene rings is 1. The zero-order valence-corrected chi connectivity index (χ0v) is 18.1. The van der Waals surface area contributed by atoms with Gasteiger partial charge in [-0.05, 0) is 71.3 Å². The Morgan fingerprint density at radius 2 is 1.97 bits per heavy atom. The molecule has 1 aromatic carbocycles. The Hall–Kier alpha value is -2.34. The van der Waals surface area contributed by atoms with Crippen molar-refractivity contribution >= 4 is 5.91 Å². The molecular weight excluding hydrogens is 366 g/mol. The smallest absolute Gasteiger partial charge is 0.226 e. The van der Waals surface area contributed by atoms with Crippen molar-refractivity contribution in [2.45, 2.75) is 47.1 Å². The van der Waals surface area contributed by atoms with Crippen molar-refractivity contribution in [1.82, 2.24) is 14.8 Å². The Bertz CT molecular complexity index is 796. The van der Waals surface area contributed by atoms with Gasteiger partial charge in [-0.3, -0.25) is 9.69 Å². The third-order valence-electron chi connectivity index (χ3n) is 5.61. The van der Waals surface area contributed by atoms with Gasteiger partial charge in [0, 0.05) is 31.7 Å². The Balaban J connectivity index is 1.66. The van der Waals surface area contributed by atoms with Gasteiger partial charge in [0.15, 0.2) is 0 Å². The number of carbonyl (C=O) groups is 1. The average Bonchev–Trinajstić information content (AvgIpc) is 3.10.